The van der Waals surface area contributed by atoms with E-state index in [-0.39, 0.29) is 0 Å². The second-order valence-electron chi connectivity index (χ2n) is 5.32. The molecule has 0 radical (unpaired) electrons. The van der Waals surface area contributed by atoms with Crippen molar-refractivity contribution in [1.29, 1.82) is 0 Å². The van der Waals surface area contributed by atoms with Gasteiger partial charge in [0.1, 0.15) is 0 Å². The van der Waals surface area contributed by atoms with Crippen molar-refractivity contribution in [3.63, 3.8) is 0 Å². The van der Waals surface area contributed by atoms with E-state index in [0.29, 0.717) is 11.3 Å². The van der Waals surface area contributed by atoms with Gasteiger partial charge in [-0.1, -0.05) is 31.5 Å². The molecule has 2 nitrogen and oxygen atoms in total. The molecule has 1 aromatic rings. The molecule has 1 aromatic carbocycles. The van der Waals surface area contributed by atoms with Crippen molar-refractivity contribution in [2.75, 3.05) is 23.7 Å². The highest BCUT2D eigenvalue weighted by molar-refractivity contribution is 8.00. The van der Waals surface area contributed by atoms with Gasteiger partial charge in [-0.15, -0.1) is 0 Å². The van der Waals surface area contributed by atoms with Gasteiger partial charge in [-0.25, -0.2) is 0 Å². The van der Waals surface area contributed by atoms with Crippen LogP contribution in [0.3, 0.4) is 0 Å². The van der Waals surface area contributed by atoms with Crippen LogP contribution < -0.4 is 10.6 Å². The number of hydrogen-bond acceptors (Lipinski definition) is 3. The lowest BCUT2D eigenvalue weighted by Crippen LogP contribution is -2.28. The average molecular weight is 285 g/mol. The van der Waals surface area contributed by atoms with Crippen LogP contribution in [0.2, 0.25) is 5.02 Å². The van der Waals surface area contributed by atoms with Crippen LogP contribution in [0, 0.1) is 0 Å². The van der Waals surface area contributed by atoms with Gasteiger partial charge >= 0.3 is 0 Å². The summed E-state index contributed by atoms with van der Waals surface area (Å²) < 4.78 is 0.371. The molecule has 0 spiro atoms. The Morgan fingerprint density at radius 1 is 1.39 bits per heavy atom. The normalized spacial score (nSPS) is 19.7. The number of hydrogen-bond donors (Lipinski definition) is 1. The zero-order valence-electron chi connectivity index (χ0n) is 11.1. The van der Waals surface area contributed by atoms with Crippen molar-refractivity contribution in [1.82, 2.24) is 0 Å². The molecule has 100 valence electrons. The maximum Gasteiger partial charge on any atom is 0.0426 e. The third-order valence-corrected chi connectivity index (χ3v) is 5.05. The number of anilines is 1. The zero-order chi connectivity index (χ0) is 13.2. The number of thioether (sulfide) groups is 1. The molecule has 1 fully saturated rings. The SMILES string of the molecule is CC1(C)CCN(c2cc(Cl)ccc2CN)CCS1. The van der Waals surface area contributed by atoms with Gasteiger partial charge < -0.3 is 10.6 Å². The smallest absolute Gasteiger partial charge is 0.0426 e. The minimum Gasteiger partial charge on any atom is -0.370 e. The van der Waals surface area contributed by atoms with E-state index in [1.807, 2.05) is 18.2 Å². The fourth-order valence-electron chi connectivity index (χ4n) is 2.27. The molecule has 0 unspecified atom stereocenters. The molecule has 0 aliphatic carbocycles. The summed E-state index contributed by atoms with van der Waals surface area (Å²) in [5.74, 6) is 1.16. The third kappa shape index (κ3) is 3.34. The predicted octanol–water partition coefficient (Wildman–Crippen LogP) is 3.52. The minimum atomic E-state index is 0.371. The van der Waals surface area contributed by atoms with Gasteiger partial charge in [0.25, 0.3) is 0 Å². The summed E-state index contributed by atoms with van der Waals surface area (Å²) in [6.45, 7) is 7.36. The molecule has 1 heterocycles. The standard InChI is InChI=1S/C14H21ClN2S/c1-14(2)5-6-17(7-8-18-14)13-9-12(15)4-3-11(13)10-16/h3-4,9H,5-8,10,16H2,1-2H3. The molecule has 1 aliphatic heterocycles. The van der Waals surface area contributed by atoms with Gasteiger partial charge in [0, 0.05) is 40.8 Å². The van der Waals surface area contributed by atoms with E-state index >= 15 is 0 Å². The summed E-state index contributed by atoms with van der Waals surface area (Å²) in [4.78, 5) is 2.43. The first-order chi connectivity index (χ1) is 8.52. The average Bonchev–Trinajstić information content (AvgIpc) is 2.50. The quantitative estimate of drug-likeness (QED) is 0.901. The molecule has 1 aliphatic rings. The van der Waals surface area contributed by atoms with Crippen LogP contribution in [0.4, 0.5) is 5.69 Å². The minimum absolute atomic E-state index is 0.371. The maximum atomic E-state index is 6.12. The van der Waals surface area contributed by atoms with Crippen molar-refractivity contribution >= 4 is 29.1 Å². The number of nitrogens with two attached hydrogens (primary N) is 1. The fourth-order valence-corrected chi connectivity index (χ4v) is 3.53. The predicted molar refractivity (Wildman–Crippen MR) is 82.7 cm³/mol. The van der Waals surface area contributed by atoms with Crippen LogP contribution in [-0.4, -0.2) is 23.6 Å². The Labute approximate surface area is 119 Å². The first kappa shape index (κ1) is 14.0. The molecule has 2 N–H and O–H groups in total. The second kappa shape index (κ2) is 5.72. The molecule has 2 rings (SSSR count). The summed E-state index contributed by atoms with van der Waals surface area (Å²) in [6.07, 6.45) is 1.19. The lowest BCUT2D eigenvalue weighted by Gasteiger charge is -2.26. The van der Waals surface area contributed by atoms with Crippen LogP contribution in [-0.2, 0) is 6.54 Å². The van der Waals surface area contributed by atoms with Crippen molar-refractivity contribution in [2.45, 2.75) is 31.6 Å². The summed E-state index contributed by atoms with van der Waals surface area (Å²) in [7, 11) is 0. The number of halogens is 1. The van der Waals surface area contributed by atoms with Crippen LogP contribution in [0.1, 0.15) is 25.8 Å². The highest BCUT2D eigenvalue weighted by Crippen LogP contribution is 2.34. The van der Waals surface area contributed by atoms with Gasteiger partial charge in [0.15, 0.2) is 0 Å². The Bertz CT molecular complexity index is 420. The zero-order valence-corrected chi connectivity index (χ0v) is 12.7. The van der Waals surface area contributed by atoms with Gasteiger partial charge in [-0.3, -0.25) is 0 Å². The van der Waals surface area contributed by atoms with Crippen molar-refractivity contribution < 1.29 is 0 Å². The molecule has 0 atom stereocenters. The Kier molecular flexibility index (Phi) is 4.46. The Balaban J connectivity index is 2.23. The molecular formula is C14H21ClN2S. The van der Waals surface area contributed by atoms with Gasteiger partial charge in [0.2, 0.25) is 0 Å². The second-order valence-corrected chi connectivity index (χ2v) is 7.56. The summed E-state index contributed by atoms with van der Waals surface area (Å²) >= 11 is 8.17. The first-order valence-corrected chi connectivity index (χ1v) is 7.75. The largest absolute Gasteiger partial charge is 0.370 e. The third-order valence-electron chi connectivity index (χ3n) is 3.45. The van der Waals surface area contributed by atoms with Crippen LogP contribution in [0.15, 0.2) is 18.2 Å². The number of rotatable bonds is 2. The van der Waals surface area contributed by atoms with Gasteiger partial charge in [-0.05, 0) is 24.1 Å². The summed E-state index contributed by atoms with van der Waals surface area (Å²) in [6, 6.07) is 6.01. The Morgan fingerprint density at radius 3 is 2.89 bits per heavy atom. The van der Waals surface area contributed by atoms with Gasteiger partial charge in [0.05, 0.1) is 0 Å². The number of benzene rings is 1. The van der Waals surface area contributed by atoms with E-state index < -0.39 is 0 Å². The fraction of sp³-hybridized carbons (Fsp3) is 0.571. The highest BCUT2D eigenvalue weighted by atomic mass is 35.5. The van der Waals surface area contributed by atoms with E-state index in [1.54, 1.807) is 0 Å². The molecule has 0 aromatic heterocycles. The Hall–Kier alpha value is -0.380. The van der Waals surface area contributed by atoms with Crippen molar-refractivity contribution in [3.8, 4) is 0 Å². The molecule has 0 saturated carbocycles. The molecule has 0 bridgehead atoms. The van der Waals surface area contributed by atoms with Crippen molar-refractivity contribution in [2.24, 2.45) is 5.73 Å². The highest BCUT2D eigenvalue weighted by Gasteiger charge is 2.24. The lowest BCUT2D eigenvalue weighted by atomic mass is 10.1. The topological polar surface area (TPSA) is 29.3 Å². The van der Waals surface area contributed by atoms with E-state index in [9.17, 15) is 0 Å². The van der Waals surface area contributed by atoms with Gasteiger partial charge in [-0.2, -0.15) is 11.8 Å². The summed E-state index contributed by atoms with van der Waals surface area (Å²) in [5, 5.41) is 0.790. The van der Waals surface area contributed by atoms with E-state index in [4.69, 9.17) is 17.3 Å². The van der Waals surface area contributed by atoms with E-state index in [0.717, 1.165) is 23.9 Å². The first-order valence-electron chi connectivity index (χ1n) is 6.39. The maximum absolute atomic E-state index is 6.12. The van der Waals surface area contributed by atoms with E-state index in [1.165, 1.54) is 17.7 Å². The van der Waals surface area contributed by atoms with E-state index in [2.05, 4.69) is 30.5 Å². The van der Waals surface area contributed by atoms with Crippen molar-refractivity contribution in [3.05, 3.63) is 28.8 Å². The molecule has 0 amide bonds. The molecule has 18 heavy (non-hydrogen) atoms. The monoisotopic (exact) mass is 284 g/mol. The molecule has 1 saturated heterocycles. The number of nitrogens with zero attached hydrogens (tertiary/aromatic N) is 1. The van der Waals surface area contributed by atoms with Crippen LogP contribution in [0.25, 0.3) is 0 Å². The molecule has 4 heteroatoms. The van der Waals surface area contributed by atoms with Crippen LogP contribution in [0.5, 0.6) is 0 Å². The lowest BCUT2D eigenvalue weighted by molar-refractivity contribution is 0.637. The molecular weight excluding hydrogens is 264 g/mol. The Morgan fingerprint density at radius 2 is 2.17 bits per heavy atom. The summed E-state index contributed by atoms with van der Waals surface area (Å²) in [5.41, 5.74) is 8.22. The van der Waals surface area contributed by atoms with Crippen LogP contribution >= 0.6 is 23.4 Å².